The van der Waals surface area contributed by atoms with Gasteiger partial charge < -0.3 is 10.2 Å². The number of hydrogen-bond donors (Lipinski definition) is 1. The first kappa shape index (κ1) is 11.4. The number of hydrogen-bond acceptors (Lipinski definition) is 2. The fraction of sp³-hybridized carbons (Fsp3) is 1.00. The van der Waals surface area contributed by atoms with E-state index in [0.717, 1.165) is 12.0 Å². The third kappa shape index (κ3) is 2.21. The van der Waals surface area contributed by atoms with Crippen molar-refractivity contribution in [1.29, 1.82) is 0 Å². The van der Waals surface area contributed by atoms with Crippen LogP contribution in [0.2, 0.25) is 0 Å². The molecule has 2 unspecified atom stereocenters. The molecule has 15 heavy (non-hydrogen) atoms. The van der Waals surface area contributed by atoms with Crippen molar-refractivity contribution in [3.05, 3.63) is 0 Å². The SMILES string of the molecule is CC1CCCN1CC1(C(C)C)CCNC1. The molecule has 0 aliphatic carbocycles. The van der Waals surface area contributed by atoms with Crippen LogP contribution < -0.4 is 5.32 Å². The lowest BCUT2D eigenvalue weighted by Gasteiger charge is -2.38. The Bertz CT molecular complexity index is 207. The number of nitrogens with zero attached hydrogens (tertiary/aromatic N) is 1. The third-order valence-electron chi connectivity index (χ3n) is 4.71. The van der Waals surface area contributed by atoms with Crippen molar-refractivity contribution in [2.24, 2.45) is 11.3 Å². The molecular formula is C13H26N2. The number of nitrogens with one attached hydrogen (secondary N) is 1. The highest BCUT2D eigenvalue weighted by atomic mass is 15.2. The summed E-state index contributed by atoms with van der Waals surface area (Å²) in [7, 11) is 0. The van der Waals surface area contributed by atoms with Crippen molar-refractivity contribution in [2.75, 3.05) is 26.2 Å². The van der Waals surface area contributed by atoms with Crippen LogP contribution in [0, 0.1) is 11.3 Å². The maximum atomic E-state index is 3.56. The molecule has 0 aromatic heterocycles. The Labute approximate surface area is 94.4 Å². The molecule has 1 N–H and O–H groups in total. The summed E-state index contributed by atoms with van der Waals surface area (Å²) in [6.45, 7) is 12.3. The molecule has 2 saturated heterocycles. The lowest BCUT2D eigenvalue weighted by atomic mass is 9.76. The average Bonchev–Trinajstić information content (AvgIpc) is 2.78. The molecule has 0 radical (unpaired) electrons. The monoisotopic (exact) mass is 210 g/mol. The second-order valence-corrected chi connectivity index (χ2v) is 5.91. The fourth-order valence-electron chi connectivity index (χ4n) is 3.21. The molecule has 2 heteroatoms. The summed E-state index contributed by atoms with van der Waals surface area (Å²) in [5, 5.41) is 3.56. The Balaban J connectivity index is 2.00. The van der Waals surface area contributed by atoms with E-state index in [1.807, 2.05) is 0 Å². The van der Waals surface area contributed by atoms with Crippen LogP contribution in [0.3, 0.4) is 0 Å². The Hall–Kier alpha value is -0.0800. The highest BCUT2D eigenvalue weighted by molar-refractivity contribution is 4.94. The standard InChI is InChI=1S/C13H26N2/c1-11(2)13(6-7-14-9-13)10-15-8-4-5-12(15)3/h11-12,14H,4-10H2,1-3H3. The first-order valence-corrected chi connectivity index (χ1v) is 6.59. The molecule has 0 aromatic carbocycles. The first-order valence-electron chi connectivity index (χ1n) is 6.59. The van der Waals surface area contributed by atoms with Crippen molar-refractivity contribution in [1.82, 2.24) is 10.2 Å². The Kier molecular flexibility index (Phi) is 3.36. The van der Waals surface area contributed by atoms with Gasteiger partial charge >= 0.3 is 0 Å². The van der Waals surface area contributed by atoms with E-state index in [1.54, 1.807) is 0 Å². The molecule has 2 fully saturated rings. The summed E-state index contributed by atoms with van der Waals surface area (Å²) in [4.78, 5) is 2.72. The van der Waals surface area contributed by atoms with Crippen molar-refractivity contribution in [3.8, 4) is 0 Å². The molecule has 0 aromatic rings. The zero-order chi connectivity index (χ0) is 10.9. The molecule has 2 rings (SSSR count). The molecule has 0 amide bonds. The number of rotatable bonds is 3. The first-order chi connectivity index (χ1) is 7.14. The molecule has 2 aliphatic heterocycles. The van der Waals surface area contributed by atoms with Gasteiger partial charge in [0, 0.05) is 19.1 Å². The molecule has 88 valence electrons. The van der Waals surface area contributed by atoms with Crippen LogP contribution in [-0.2, 0) is 0 Å². The summed E-state index contributed by atoms with van der Waals surface area (Å²) in [6.07, 6.45) is 4.18. The highest BCUT2D eigenvalue weighted by Gasteiger charge is 2.39. The van der Waals surface area contributed by atoms with E-state index in [-0.39, 0.29) is 0 Å². The van der Waals surface area contributed by atoms with Gasteiger partial charge in [-0.1, -0.05) is 13.8 Å². The summed E-state index contributed by atoms with van der Waals surface area (Å²) < 4.78 is 0. The van der Waals surface area contributed by atoms with Crippen LogP contribution in [0.1, 0.15) is 40.0 Å². The van der Waals surface area contributed by atoms with Crippen molar-refractivity contribution in [3.63, 3.8) is 0 Å². The maximum absolute atomic E-state index is 3.56. The minimum atomic E-state index is 0.554. The zero-order valence-corrected chi connectivity index (χ0v) is 10.6. The average molecular weight is 210 g/mol. The Morgan fingerprint density at radius 1 is 1.47 bits per heavy atom. The van der Waals surface area contributed by atoms with Crippen LogP contribution in [0.5, 0.6) is 0 Å². The summed E-state index contributed by atoms with van der Waals surface area (Å²) in [5.41, 5.74) is 0.554. The van der Waals surface area contributed by atoms with Crippen molar-refractivity contribution in [2.45, 2.75) is 46.1 Å². The van der Waals surface area contributed by atoms with Gasteiger partial charge in [-0.05, 0) is 50.6 Å². The molecule has 2 atom stereocenters. The lowest BCUT2D eigenvalue weighted by molar-refractivity contribution is 0.113. The lowest BCUT2D eigenvalue weighted by Crippen LogP contribution is -2.43. The molecule has 0 spiro atoms. The molecule has 2 aliphatic rings. The van der Waals surface area contributed by atoms with E-state index in [9.17, 15) is 0 Å². The normalized spacial score (nSPS) is 38.0. The molecule has 2 heterocycles. The van der Waals surface area contributed by atoms with Crippen molar-refractivity contribution >= 4 is 0 Å². The van der Waals surface area contributed by atoms with Crippen molar-refractivity contribution < 1.29 is 0 Å². The van der Waals surface area contributed by atoms with Crippen LogP contribution in [0.4, 0.5) is 0 Å². The largest absolute Gasteiger partial charge is 0.316 e. The van der Waals surface area contributed by atoms with Gasteiger partial charge in [0.1, 0.15) is 0 Å². The van der Waals surface area contributed by atoms with Crippen LogP contribution >= 0.6 is 0 Å². The molecular weight excluding hydrogens is 184 g/mol. The van der Waals surface area contributed by atoms with Gasteiger partial charge in [0.2, 0.25) is 0 Å². The Morgan fingerprint density at radius 2 is 2.27 bits per heavy atom. The minimum Gasteiger partial charge on any atom is -0.316 e. The highest BCUT2D eigenvalue weighted by Crippen LogP contribution is 2.36. The van der Waals surface area contributed by atoms with Gasteiger partial charge in [-0.2, -0.15) is 0 Å². The van der Waals surface area contributed by atoms with Gasteiger partial charge in [0.15, 0.2) is 0 Å². The summed E-state index contributed by atoms with van der Waals surface area (Å²) in [5.74, 6) is 0.806. The van der Waals surface area contributed by atoms with Crippen LogP contribution in [0.25, 0.3) is 0 Å². The maximum Gasteiger partial charge on any atom is 0.00676 e. The molecule has 0 bridgehead atoms. The van der Waals surface area contributed by atoms with Crippen LogP contribution in [0.15, 0.2) is 0 Å². The predicted molar refractivity (Wildman–Crippen MR) is 65.0 cm³/mol. The van der Waals surface area contributed by atoms with E-state index in [0.29, 0.717) is 5.41 Å². The summed E-state index contributed by atoms with van der Waals surface area (Å²) >= 11 is 0. The zero-order valence-electron chi connectivity index (χ0n) is 10.6. The Morgan fingerprint density at radius 3 is 2.73 bits per heavy atom. The van der Waals surface area contributed by atoms with E-state index in [4.69, 9.17) is 0 Å². The van der Waals surface area contributed by atoms with Crippen LogP contribution in [-0.4, -0.2) is 37.1 Å². The topological polar surface area (TPSA) is 15.3 Å². The third-order valence-corrected chi connectivity index (χ3v) is 4.71. The minimum absolute atomic E-state index is 0.554. The van der Waals surface area contributed by atoms with Gasteiger partial charge in [0.05, 0.1) is 0 Å². The van der Waals surface area contributed by atoms with Gasteiger partial charge in [0.25, 0.3) is 0 Å². The second-order valence-electron chi connectivity index (χ2n) is 5.91. The van der Waals surface area contributed by atoms with E-state index in [1.165, 1.54) is 45.4 Å². The second kappa shape index (κ2) is 4.42. The fourth-order valence-corrected chi connectivity index (χ4v) is 3.21. The van der Waals surface area contributed by atoms with Gasteiger partial charge in [-0.3, -0.25) is 0 Å². The van der Waals surface area contributed by atoms with Gasteiger partial charge in [-0.15, -0.1) is 0 Å². The molecule has 2 nitrogen and oxygen atoms in total. The van der Waals surface area contributed by atoms with E-state index >= 15 is 0 Å². The predicted octanol–water partition coefficient (Wildman–Crippen LogP) is 2.11. The summed E-state index contributed by atoms with van der Waals surface area (Å²) in [6, 6.07) is 0.821. The smallest absolute Gasteiger partial charge is 0.00676 e. The van der Waals surface area contributed by atoms with E-state index in [2.05, 4.69) is 31.0 Å². The number of likely N-dealkylation sites (tertiary alicyclic amines) is 1. The quantitative estimate of drug-likeness (QED) is 0.767. The van der Waals surface area contributed by atoms with Gasteiger partial charge in [-0.25, -0.2) is 0 Å². The van der Waals surface area contributed by atoms with E-state index < -0.39 is 0 Å². The molecule has 0 saturated carbocycles.